The van der Waals surface area contributed by atoms with Crippen LogP contribution in [0.5, 0.6) is 0 Å². The number of hydrogen-bond acceptors (Lipinski definition) is 10. The fraction of sp³-hybridized carbons (Fsp3) is 0.640. The van der Waals surface area contributed by atoms with Crippen LogP contribution in [0.4, 0.5) is 0 Å². The van der Waals surface area contributed by atoms with Crippen molar-refractivity contribution in [3.63, 3.8) is 0 Å². The molecule has 0 saturated heterocycles. The van der Waals surface area contributed by atoms with E-state index in [2.05, 4.69) is 71.4 Å². The maximum absolute atomic E-state index is 14.1. The SMILES string of the molecule is CCN(CC)CCCC[C@H](NC(=O)[C@H](CC(C)C)NC(=O)[C@H](C)NC(=O)[C@H](Cc1ccccc1)NC(=O)c1ccc(C(C)(C)C)cc1)C(=O)N[C@@H](CO)C(=O)NC(C)(C)COC(C)(C)CN. The average molecular weight is 923 g/mol. The number of aliphatic hydroxyl groups excluding tert-OH is 1. The molecule has 0 unspecified atom stereocenters. The fourth-order valence-corrected chi connectivity index (χ4v) is 6.92. The molecule has 0 heterocycles. The number of aliphatic hydroxyl groups is 1. The number of rotatable bonds is 28. The van der Waals surface area contributed by atoms with Crippen LogP contribution in [-0.2, 0) is 40.5 Å². The van der Waals surface area contributed by atoms with Gasteiger partial charge in [0.1, 0.15) is 30.2 Å². The Morgan fingerprint density at radius 3 is 1.79 bits per heavy atom. The van der Waals surface area contributed by atoms with E-state index in [0.29, 0.717) is 12.0 Å². The highest BCUT2D eigenvalue weighted by Gasteiger charge is 2.34. The summed E-state index contributed by atoms with van der Waals surface area (Å²) in [4.78, 5) is 84.8. The standard InChI is InChI=1S/C50H82N8O8/c1-13-58(14-2)27-19-18-22-38(44(62)56-41(30-59)47(65)57-49(9,10)32-66-50(11,12)31-51)53-46(64)39(28-33(3)4)54-42(60)34(5)52-45(63)40(29-35-20-16-15-17-21-35)55-43(61)36-23-25-37(26-24-36)48(6,7)8/h15-17,20-21,23-26,33-34,38-41,59H,13-14,18-19,22,27-32,51H2,1-12H3,(H,52,63)(H,53,64)(H,54,60)(H,55,61)(H,56,62)(H,57,65)/t34-,38-,39-,40-,41-/m0/s1. The highest BCUT2D eigenvalue weighted by molar-refractivity contribution is 5.99. The molecule has 66 heavy (non-hydrogen) atoms. The molecule has 9 N–H and O–H groups in total. The lowest BCUT2D eigenvalue weighted by molar-refractivity contribution is -0.135. The summed E-state index contributed by atoms with van der Waals surface area (Å²) in [6, 6.07) is 10.7. The number of carbonyl (C=O) groups is 6. The van der Waals surface area contributed by atoms with Crippen LogP contribution in [0.3, 0.4) is 0 Å². The molecule has 370 valence electrons. The van der Waals surface area contributed by atoms with Crippen LogP contribution >= 0.6 is 0 Å². The van der Waals surface area contributed by atoms with E-state index < -0.39 is 83.4 Å². The van der Waals surface area contributed by atoms with Gasteiger partial charge < -0.3 is 52.4 Å². The van der Waals surface area contributed by atoms with Gasteiger partial charge in [0.2, 0.25) is 29.5 Å². The lowest BCUT2D eigenvalue weighted by Gasteiger charge is -2.33. The second kappa shape index (κ2) is 27.0. The van der Waals surface area contributed by atoms with Crippen LogP contribution in [0.15, 0.2) is 54.6 Å². The Morgan fingerprint density at radius 1 is 0.682 bits per heavy atom. The molecule has 2 aromatic rings. The number of benzene rings is 2. The van der Waals surface area contributed by atoms with Gasteiger partial charge in [-0.25, -0.2) is 0 Å². The average Bonchev–Trinajstić information content (AvgIpc) is 3.26. The molecule has 0 fully saturated rings. The highest BCUT2D eigenvalue weighted by atomic mass is 16.5. The minimum atomic E-state index is -1.34. The number of nitrogens with one attached hydrogen (secondary N) is 6. The van der Waals surface area contributed by atoms with E-state index in [9.17, 15) is 33.9 Å². The Morgan fingerprint density at radius 2 is 1.24 bits per heavy atom. The van der Waals surface area contributed by atoms with Crippen molar-refractivity contribution in [1.82, 2.24) is 36.8 Å². The minimum Gasteiger partial charge on any atom is -0.394 e. The molecule has 6 amide bonds. The van der Waals surface area contributed by atoms with Crippen molar-refractivity contribution < 1.29 is 38.6 Å². The second-order valence-electron chi connectivity index (χ2n) is 19.9. The largest absolute Gasteiger partial charge is 0.394 e. The van der Waals surface area contributed by atoms with Crippen molar-refractivity contribution >= 4 is 35.4 Å². The van der Waals surface area contributed by atoms with Crippen molar-refractivity contribution in [2.75, 3.05) is 39.4 Å². The topological polar surface area (TPSA) is 233 Å². The summed E-state index contributed by atoms with van der Waals surface area (Å²) in [6.07, 6.45) is 1.86. The predicted octanol–water partition coefficient (Wildman–Crippen LogP) is 3.48. The zero-order valence-corrected chi connectivity index (χ0v) is 41.8. The van der Waals surface area contributed by atoms with Crippen molar-refractivity contribution in [1.29, 1.82) is 0 Å². The normalized spacial score (nSPS) is 14.4. The number of nitrogens with zero attached hydrogens (tertiary/aromatic N) is 1. The molecule has 0 saturated carbocycles. The summed E-state index contributed by atoms with van der Waals surface area (Å²) >= 11 is 0. The molecule has 16 heteroatoms. The summed E-state index contributed by atoms with van der Waals surface area (Å²) in [5.74, 6) is -3.70. The van der Waals surface area contributed by atoms with Crippen LogP contribution in [-0.4, -0.2) is 126 Å². The van der Waals surface area contributed by atoms with Crippen molar-refractivity contribution in [2.45, 2.75) is 162 Å². The molecule has 2 aromatic carbocycles. The number of carbonyl (C=O) groups excluding carboxylic acids is 6. The van der Waals surface area contributed by atoms with Crippen LogP contribution in [0, 0.1) is 5.92 Å². The van der Waals surface area contributed by atoms with Crippen molar-refractivity contribution in [3.05, 3.63) is 71.3 Å². The van der Waals surface area contributed by atoms with E-state index in [4.69, 9.17) is 10.5 Å². The third-order valence-corrected chi connectivity index (χ3v) is 11.3. The first kappa shape index (κ1) is 57.2. The summed E-state index contributed by atoms with van der Waals surface area (Å²) in [6.45, 7) is 24.9. The number of nitrogens with two attached hydrogens (primary N) is 1. The monoisotopic (exact) mass is 923 g/mol. The Bertz CT molecular complexity index is 1840. The van der Waals surface area contributed by atoms with Gasteiger partial charge in [0, 0.05) is 18.5 Å². The van der Waals surface area contributed by atoms with Gasteiger partial charge >= 0.3 is 0 Å². The quantitative estimate of drug-likeness (QED) is 0.0579. The first-order valence-corrected chi connectivity index (χ1v) is 23.5. The van der Waals surface area contributed by atoms with Crippen molar-refractivity contribution in [3.8, 4) is 0 Å². The molecule has 0 radical (unpaired) electrons. The number of hydrogen-bond donors (Lipinski definition) is 8. The van der Waals surface area contributed by atoms with Crippen LogP contribution in [0.25, 0.3) is 0 Å². The van der Waals surface area contributed by atoms with E-state index in [-0.39, 0.29) is 43.7 Å². The first-order chi connectivity index (χ1) is 30.8. The first-order valence-electron chi connectivity index (χ1n) is 23.5. The molecular formula is C50H82N8O8. The second-order valence-corrected chi connectivity index (χ2v) is 19.9. The molecule has 5 atom stereocenters. The van der Waals surface area contributed by atoms with Crippen molar-refractivity contribution in [2.24, 2.45) is 11.7 Å². The lowest BCUT2D eigenvalue weighted by Crippen LogP contribution is -2.60. The van der Waals surface area contributed by atoms with Gasteiger partial charge in [0.05, 0.1) is 24.4 Å². The summed E-state index contributed by atoms with van der Waals surface area (Å²) in [5, 5.41) is 26.9. The molecule has 0 aliphatic heterocycles. The molecule has 0 aliphatic rings. The molecule has 0 aromatic heterocycles. The minimum absolute atomic E-state index is 0.0690. The molecule has 16 nitrogen and oxygen atoms in total. The Kier molecular flexibility index (Phi) is 23.5. The summed E-state index contributed by atoms with van der Waals surface area (Å²) < 4.78 is 5.89. The maximum Gasteiger partial charge on any atom is 0.251 e. The lowest BCUT2D eigenvalue weighted by atomic mass is 9.86. The van der Waals surface area contributed by atoms with E-state index in [1.807, 2.05) is 70.2 Å². The summed E-state index contributed by atoms with van der Waals surface area (Å²) in [7, 11) is 0. The van der Waals surface area contributed by atoms with E-state index in [1.54, 1.807) is 26.0 Å². The Labute approximate surface area is 394 Å². The van der Waals surface area contributed by atoms with E-state index in [0.717, 1.165) is 37.2 Å². The van der Waals surface area contributed by atoms with E-state index >= 15 is 0 Å². The van der Waals surface area contributed by atoms with Crippen LogP contribution in [0.1, 0.15) is 130 Å². The zero-order chi connectivity index (χ0) is 49.8. The molecule has 0 aliphatic carbocycles. The van der Waals surface area contributed by atoms with Gasteiger partial charge in [-0.2, -0.15) is 0 Å². The van der Waals surface area contributed by atoms with Gasteiger partial charge in [-0.15, -0.1) is 0 Å². The van der Waals surface area contributed by atoms with Gasteiger partial charge in [-0.3, -0.25) is 28.8 Å². The third-order valence-electron chi connectivity index (χ3n) is 11.3. The maximum atomic E-state index is 14.1. The van der Waals surface area contributed by atoms with Gasteiger partial charge in [-0.05, 0) is 115 Å². The predicted molar refractivity (Wildman–Crippen MR) is 259 cm³/mol. The smallest absolute Gasteiger partial charge is 0.251 e. The molecule has 0 bridgehead atoms. The van der Waals surface area contributed by atoms with Crippen LogP contribution < -0.4 is 37.6 Å². The van der Waals surface area contributed by atoms with Gasteiger partial charge in [-0.1, -0.05) is 90.9 Å². The Balaban J connectivity index is 2.28. The fourth-order valence-electron chi connectivity index (χ4n) is 6.92. The number of unbranched alkanes of at least 4 members (excludes halogenated alkanes) is 1. The van der Waals surface area contributed by atoms with Crippen LogP contribution in [0.2, 0.25) is 0 Å². The van der Waals surface area contributed by atoms with E-state index in [1.165, 1.54) is 6.92 Å². The number of ether oxygens (including phenoxy) is 1. The van der Waals surface area contributed by atoms with Gasteiger partial charge in [0.15, 0.2) is 0 Å². The third kappa shape index (κ3) is 20.3. The summed E-state index contributed by atoms with van der Waals surface area (Å²) in [5.41, 5.74) is 6.40. The number of amides is 6. The Hall–Kier alpha value is -4.90. The zero-order valence-electron chi connectivity index (χ0n) is 41.8. The molecule has 2 rings (SSSR count). The van der Waals surface area contributed by atoms with Gasteiger partial charge in [0.25, 0.3) is 5.91 Å². The highest BCUT2D eigenvalue weighted by Crippen LogP contribution is 2.22. The molecule has 0 spiro atoms. The molecular weight excluding hydrogens is 841 g/mol.